The lowest BCUT2D eigenvalue weighted by Crippen LogP contribution is -2.46. The third kappa shape index (κ3) is 6.35. The van der Waals surface area contributed by atoms with Crippen molar-refractivity contribution in [3.05, 3.63) is 48.2 Å². The number of nitrogens with zero attached hydrogens (tertiary/aromatic N) is 2. The molecule has 1 aromatic heterocycles. The zero-order valence-electron chi connectivity index (χ0n) is 22.7. The number of fused-ring (bicyclic) bond motifs is 1. The van der Waals surface area contributed by atoms with Crippen LogP contribution in [0.4, 0.5) is 11.4 Å². The number of sulfone groups is 1. The molecule has 5 rings (SSSR count). The van der Waals surface area contributed by atoms with Crippen molar-refractivity contribution in [3.8, 4) is 17.6 Å². The number of hydrogen-bond acceptors (Lipinski definition) is 7. The molecule has 2 heterocycles. The van der Waals surface area contributed by atoms with Gasteiger partial charge in [-0.05, 0) is 68.9 Å². The standard InChI is InChI=1S/C30H38N4O4S/c1-3-34-24(6-5-15-31-28-14-13-25(21-30(28)35)39(2,36)37)20-26-27(7-4-8-29(26)34)32-22-9-11-23(12-10-22)33-16-18-38-19-17-33/h4,7-8,13-14,20-23,31-32,35H,3,9-12,15-19H2,1-2H3. The molecule has 1 aliphatic heterocycles. The zero-order chi connectivity index (χ0) is 27.4. The van der Waals surface area contributed by atoms with Crippen LogP contribution in [0, 0.1) is 11.8 Å². The highest BCUT2D eigenvalue weighted by Gasteiger charge is 2.27. The van der Waals surface area contributed by atoms with Crippen LogP contribution in [0.15, 0.2) is 47.4 Å². The van der Waals surface area contributed by atoms with Crippen LogP contribution >= 0.6 is 0 Å². The molecule has 1 saturated heterocycles. The van der Waals surface area contributed by atoms with Gasteiger partial charge in [-0.2, -0.15) is 0 Å². The van der Waals surface area contributed by atoms with E-state index in [1.807, 2.05) is 0 Å². The third-order valence-corrected chi connectivity index (χ3v) is 8.97. The number of aryl methyl sites for hydroxylation is 1. The van der Waals surface area contributed by atoms with Crippen LogP contribution in [-0.2, 0) is 21.1 Å². The number of phenolic OH excluding ortho intramolecular Hbond substituents is 1. The summed E-state index contributed by atoms with van der Waals surface area (Å²) in [5.74, 6) is 6.32. The Labute approximate surface area is 231 Å². The average molecular weight is 551 g/mol. The van der Waals surface area contributed by atoms with Crippen molar-refractivity contribution in [1.29, 1.82) is 0 Å². The van der Waals surface area contributed by atoms with Gasteiger partial charge in [0.25, 0.3) is 0 Å². The summed E-state index contributed by atoms with van der Waals surface area (Å²) in [4.78, 5) is 2.69. The Kier molecular flexibility index (Phi) is 8.36. The van der Waals surface area contributed by atoms with E-state index in [9.17, 15) is 13.5 Å². The van der Waals surface area contributed by atoms with Crippen LogP contribution in [0.5, 0.6) is 5.75 Å². The molecule has 3 N–H and O–H groups in total. The van der Waals surface area contributed by atoms with E-state index in [2.05, 4.69) is 63.1 Å². The molecule has 0 atom stereocenters. The van der Waals surface area contributed by atoms with Gasteiger partial charge in [-0.1, -0.05) is 12.0 Å². The van der Waals surface area contributed by atoms with Gasteiger partial charge >= 0.3 is 0 Å². The summed E-state index contributed by atoms with van der Waals surface area (Å²) in [5.41, 5.74) is 3.71. The van der Waals surface area contributed by atoms with Crippen molar-refractivity contribution in [2.45, 2.75) is 56.1 Å². The Morgan fingerprint density at radius 1 is 1.05 bits per heavy atom. The number of anilines is 2. The monoisotopic (exact) mass is 550 g/mol. The Morgan fingerprint density at radius 3 is 2.51 bits per heavy atom. The number of aromatic nitrogens is 1. The topological polar surface area (TPSA) is 95.8 Å². The highest BCUT2D eigenvalue weighted by atomic mass is 32.2. The van der Waals surface area contributed by atoms with Gasteiger partial charge in [-0.25, -0.2) is 8.42 Å². The van der Waals surface area contributed by atoms with Crippen molar-refractivity contribution in [1.82, 2.24) is 9.47 Å². The summed E-state index contributed by atoms with van der Waals surface area (Å²) in [5, 5.41) is 18.3. The van der Waals surface area contributed by atoms with Gasteiger partial charge in [-0.3, -0.25) is 4.90 Å². The Hall–Kier alpha value is -3.19. The highest BCUT2D eigenvalue weighted by Crippen LogP contribution is 2.31. The fourth-order valence-corrected chi connectivity index (χ4v) is 6.41. The quantitative estimate of drug-likeness (QED) is 0.298. The normalized spacial score (nSPS) is 20.4. The van der Waals surface area contributed by atoms with E-state index >= 15 is 0 Å². The average Bonchev–Trinajstić information content (AvgIpc) is 3.30. The number of morpholine rings is 1. The second-order valence-electron chi connectivity index (χ2n) is 10.4. The van der Waals surface area contributed by atoms with E-state index in [1.54, 1.807) is 6.07 Å². The molecule has 208 valence electrons. The number of benzene rings is 2. The van der Waals surface area contributed by atoms with E-state index in [0.29, 0.717) is 24.3 Å². The van der Waals surface area contributed by atoms with Gasteiger partial charge in [-0.15, -0.1) is 0 Å². The molecule has 2 aliphatic rings. The minimum Gasteiger partial charge on any atom is -0.506 e. The number of nitrogens with one attached hydrogen (secondary N) is 2. The smallest absolute Gasteiger partial charge is 0.175 e. The van der Waals surface area contributed by atoms with E-state index in [0.717, 1.165) is 56.0 Å². The first-order valence-electron chi connectivity index (χ1n) is 13.8. The predicted octanol–water partition coefficient (Wildman–Crippen LogP) is 4.29. The summed E-state index contributed by atoms with van der Waals surface area (Å²) in [6, 6.07) is 14.0. The lowest BCUT2D eigenvalue weighted by atomic mass is 9.89. The zero-order valence-corrected chi connectivity index (χ0v) is 23.6. The molecule has 0 bridgehead atoms. The van der Waals surface area contributed by atoms with E-state index in [4.69, 9.17) is 4.74 Å². The summed E-state index contributed by atoms with van der Waals surface area (Å²) >= 11 is 0. The van der Waals surface area contributed by atoms with Crippen LogP contribution in [0.1, 0.15) is 38.3 Å². The van der Waals surface area contributed by atoms with Gasteiger partial charge in [0.2, 0.25) is 0 Å². The van der Waals surface area contributed by atoms with Gasteiger partial charge in [0.05, 0.1) is 41.6 Å². The van der Waals surface area contributed by atoms with Crippen LogP contribution in [0.25, 0.3) is 10.9 Å². The summed E-state index contributed by atoms with van der Waals surface area (Å²) in [7, 11) is -3.37. The maximum Gasteiger partial charge on any atom is 0.175 e. The lowest BCUT2D eigenvalue weighted by molar-refractivity contribution is 0.00791. The fourth-order valence-electron chi connectivity index (χ4n) is 5.77. The molecule has 1 saturated carbocycles. The maximum absolute atomic E-state index is 11.7. The third-order valence-electron chi connectivity index (χ3n) is 7.86. The Bertz CT molecular complexity index is 1470. The van der Waals surface area contributed by atoms with Crippen molar-refractivity contribution < 1.29 is 18.3 Å². The number of aromatic hydroxyl groups is 1. The molecule has 2 fully saturated rings. The molecule has 9 heteroatoms. The molecule has 0 radical (unpaired) electrons. The number of rotatable bonds is 7. The van der Waals surface area contributed by atoms with Crippen LogP contribution < -0.4 is 10.6 Å². The molecule has 8 nitrogen and oxygen atoms in total. The first kappa shape index (κ1) is 27.4. The summed E-state index contributed by atoms with van der Waals surface area (Å²) in [6.07, 6.45) is 5.90. The predicted molar refractivity (Wildman–Crippen MR) is 156 cm³/mol. The molecule has 0 amide bonds. The minimum absolute atomic E-state index is 0.0821. The fraction of sp³-hybridized carbons (Fsp3) is 0.467. The summed E-state index contributed by atoms with van der Waals surface area (Å²) < 4.78 is 31.1. The van der Waals surface area contributed by atoms with Gasteiger partial charge in [0, 0.05) is 55.1 Å². The van der Waals surface area contributed by atoms with Crippen molar-refractivity contribution in [3.63, 3.8) is 0 Å². The van der Waals surface area contributed by atoms with Gasteiger partial charge in [0.1, 0.15) is 5.75 Å². The SMILES string of the molecule is CCn1c(C#CCNc2ccc(S(C)(=O)=O)cc2O)cc2c(NC3CCC(N4CCOCC4)CC3)cccc21. The molecule has 2 aromatic carbocycles. The lowest BCUT2D eigenvalue weighted by Gasteiger charge is -2.39. The maximum atomic E-state index is 11.7. The van der Waals surface area contributed by atoms with E-state index < -0.39 is 9.84 Å². The van der Waals surface area contributed by atoms with E-state index in [-0.39, 0.29) is 10.6 Å². The Balaban J connectivity index is 1.25. The molecule has 0 unspecified atom stereocenters. The molecule has 1 aliphatic carbocycles. The molecule has 3 aromatic rings. The second-order valence-corrected chi connectivity index (χ2v) is 12.4. The highest BCUT2D eigenvalue weighted by molar-refractivity contribution is 7.90. The van der Waals surface area contributed by atoms with Crippen molar-refractivity contribution in [2.24, 2.45) is 0 Å². The van der Waals surface area contributed by atoms with E-state index in [1.165, 1.54) is 43.2 Å². The first-order valence-corrected chi connectivity index (χ1v) is 15.7. The van der Waals surface area contributed by atoms with Crippen LogP contribution in [0.2, 0.25) is 0 Å². The van der Waals surface area contributed by atoms with Crippen LogP contribution in [0.3, 0.4) is 0 Å². The molecule has 39 heavy (non-hydrogen) atoms. The number of phenols is 1. The molecular weight excluding hydrogens is 512 g/mol. The molecule has 0 spiro atoms. The summed E-state index contributed by atoms with van der Waals surface area (Å²) in [6.45, 7) is 7.08. The largest absolute Gasteiger partial charge is 0.506 e. The van der Waals surface area contributed by atoms with Crippen molar-refractivity contribution >= 4 is 32.1 Å². The minimum atomic E-state index is -3.37. The van der Waals surface area contributed by atoms with Crippen molar-refractivity contribution in [2.75, 3.05) is 49.7 Å². The number of ether oxygens (including phenoxy) is 1. The molecular formula is C30H38N4O4S. The Morgan fingerprint density at radius 2 is 1.82 bits per heavy atom. The second kappa shape index (κ2) is 11.9. The van der Waals surface area contributed by atoms with Gasteiger partial charge in [0.15, 0.2) is 9.84 Å². The number of hydrogen-bond donors (Lipinski definition) is 3. The first-order chi connectivity index (χ1) is 18.8. The van der Waals surface area contributed by atoms with Crippen LogP contribution in [-0.4, -0.2) is 74.2 Å². The van der Waals surface area contributed by atoms with Gasteiger partial charge < -0.3 is 25.0 Å².